The van der Waals surface area contributed by atoms with Gasteiger partial charge in [0.2, 0.25) is 5.91 Å². The van der Waals surface area contributed by atoms with Crippen LogP contribution in [0.2, 0.25) is 0 Å². The molecule has 0 fully saturated rings. The standard InChI is InChI=1S/C14H14BrN3O2S/c1-8-3-6-12(16-7-8)18-13(19)9(2)17-14(20)10-4-5-11(15)21-10/h3-7,9H,1-2H3,(H,17,20)(H,16,18,19). The van der Waals surface area contributed by atoms with Gasteiger partial charge in [0, 0.05) is 6.20 Å². The van der Waals surface area contributed by atoms with Crippen LogP contribution in [0.4, 0.5) is 5.82 Å². The summed E-state index contributed by atoms with van der Waals surface area (Å²) < 4.78 is 0.869. The lowest BCUT2D eigenvalue weighted by molar-refractivity contribution is -0.117. The predicted molar refractivity (Wildman–Crippen MR) is 86.6 cm³/mol. The predicted octanol–water partition coefficient (Wildman–Crippen LogP) is 2.97. The molecule has 5 nitrogen and oxygen atoms in total. The quantitative estimate of drug-likeness (QED) is 0.872. The first kappa shape index (κ1) is 15.7. The third-order valence-corrected chi connectivity index (χ3v) is 4.32. The number of hydrogen-bond acceptors (Lipinski definition) is 4. The molecule has 0 bridgehead atoms. The van der Waals surface area contributed by atoms with Gasteiger partial charge in [0.15, 0.2) is 0 Å². The van der Waals surface area contributed by atoms with E-state index in [2.05, 4.69) is 31.5 Å². The van der Waals surface area contributed by atoms with Gasteiger partial charge in [-0.05, 0) is 53.5 Å². The Morgan fingerprint density at radius 2 is 2.05 bits per heavy atom. The lowest BCUT2D eigenvalue weighted by Gasteiger charge is -2.13. The van der Waals surface area contributed by atoms with Crippen molar-refractivity contribution in [3.05, 3.63) is 44.7 Å². The van der Waals surface area contributed by atoms with Crippen LogP contribution >= 0.6 is 27.3 Å². The molecule has 1 unspecified atom stereocenters. The van der Waals surface area contributed by atoms with Gasteiger partial charge in [0.25, 0.3) is 5.91 Å². The summed E-state index contributed by atoms with van der Waals surface area (Å²) in [5.74, 6) is -0.119. The number of aryl methyl sites for hydroxylation is 1. The molecule has 2 N–H and O–H groups in total. The van der Waals surface area contributed by atoms with Gasteiger partial charge in [-0.25, -0.2) is 4.98 Å². The van der Waals surface area contributed by atoms with Crippen LogP contribution in [0.25, 0.3) is 0 Å². The number of thiophene rings is 1. The van der Waals surface area contributed by atoms with Gasteiger partial charge < -0.3 is 10.6 Å². The molecule has 0 radical (unpaired) electrons. The van der Waals surface area contributed by atoms with Crippen molar-refractivity contribution in [2.45, 2.75) is 19.9 Å². The number of pyridine rings is 1. The van der Waals surface area contributed by atoms with Gasteiger partial charge in [-0.15, -0.1) is 11.3 Å². The Bertz CT molecular complexity index is 654. The summed E-state index contributed by atoms with van der Waals surface area (Å²) in [6.07, 6.45) is 1.67. The van der Waals surface area contributed by atoms with Gasteiger partial charge in [-0.3, -0.25) is 9.59 Å². The van der Waals surface area contributed by atoms with Gasteiger partial charge >= 0.3 is 0 Å². The number of anilines is 1. The molecule has 0 aliphatic rings. The number of halogens is 1. The molecular formula is C14H14BrN3O2S. The van der Waals surface area contributed by atoms with Crippen molar-refractivity contribution >= 4 is 44.9 Å². The van der Waals surface area contributed by atoms with Crippen LogP contribution in [-0.2, 0) is 4.79 Å². The maximum Gasteiger partial charge on any atom is 0.262 e. The van der Waals surface area contributed by atoms with Crippen LogP contribution in [0.5, 0.6) is 0 Å². The van der Waals surface area contributed by atoms with Crippen LogP contribution in [-0.4, -0.2) is 22.8 Å². The fourth-order valence-corrected chi connectivity index (χ4v) is 2.84. The molecule has 2 aromatic heterocycles. The van der Waals surface area contributed by atoms with E-state index >= 15 is 0 Å². The SMILES string of the molecule is Cc1ccc(NC(=O)C(C)NC(=O)c2ccc(Br)s2)nc1. The fraction of sp³-hybridized carbons (Fsp3) is 0.214. The first-order valence-electron chi connectivity index (χ1n) is 6.25. The van der Waals surface area contributed by atoms with E-state index in [9.17, 15) is 9.59 Å². The number of carbonyl (C=O) groups excluding carboxylic acids is 2. The zero-order valence-electron chi connectivity index (χ0n) is 11.5. The Balaban J connectivity index is 1.93. The fourth-order valence-electron chi connectivity index (χ4n) is 1.55. The molecule has 1 atom stereocenters. The minimum atomic E-state index is -0.651. The molecule has 2 heterocycles. The van der Waals surface area contributed by atoms with E-state index in [1.54, 1.807) is 31.3 Å². The van der Waals surface area contributed by atoms with E-state index < -0.39 is 6.04 Å². The highest BCUT2D eigenvalue weighted by molar-refractivity contribution is 9.11. The summed E-state index contributed by atoms with van der Waals surface area (Å²) in [5, 5.41) is 5.31. The van der Waals surface area contributed by atoms with E-state index in [0.717, 1.165) is 9.35 Å². The molecule has 0 aromatic carbocycles. The summed E-state index contributed by atoms with van der Waals surface area (Å²) in [7, 11) is 0. The third kappa shape index (κ3) is 4.37. The van der Waals surface area contributed by atoms with Crippen molar-refractivity contribution in [1.29, 1.82) is 0 Å². The monoisotopic (exact) mass is 367 g/mol. The highest BCUT2D eigenvalue weighted by Crippen LogP contribution is 2.21. The number of carbonyl (C=O) groups is 2. The van der Waals surface area contributed by atoms with Crippen LogP contribution in [0.15, 0.2) is 34.2 Å². The first-order valence-corrected chi connectivity index (χ1v) is 7.86. The second-order valence-corrected chi connectivity index (χ2v) is 6.97. The maximum absolute atomic E-state index is 12.0. The minimum absolute atomic E-state index is 0.273. The number of nitrogens with one attached hydrogen (secondary N) is 2. The summed E-state index contributed by atoms with van der Waals surface area (Å²) in [6.45, 7) is 3.55. The molecule has 21 heavy (non-hydrogen) atoms. The first-order chi connectivity index (χ1) is 9.95. The van der Waals surface area contributed by atoms with Crippen LogP contribution in [0.3, 0.4) is 0 Å². The molecule has 0 saturated carbocycles. The van der Waals surface area contributed by atoms with E-state index in [-0.39, 0.29) is 11.8 Å². The molecule has 7 heteroatoms. The van der Waals surface area contributed by atoms with Crippen molar-refractivity contribution in [1.82, 2.24) is 10.3 Å². The van der Waals surface area contributed by atoms with E-state index in [0.29, 0.717) is 10.7 Å². The topological polar surface area (TPSA) is 71.1 Å². The molecular weight excluding hydrogens is 354 g/mol. The molecule has 110 valence electrons. The zero-order valence-corrected chi connectivity index (χ0v) is 13.9. The average Bonchev–Trinajstić information content (AvgIpc) is 2.88. The van der Waals surface area contributed by atoms with Gasteiger partial charge in [-0.2, -0.15) is 0 Å². The third-order valence-electron chi connectivity index (χ3n) is 2.70. The number of nitrogens with zero attached hydrogens (tertiary/aromatic N) is 1. The second-order valence-electron chi connectivity index (χ2n) is 4.51. The minimum Gasteiger partial charge on any atom is -0.340 e. The number of aromatic nitrogens is 1. The van der Waals surface area contributed by atoms with E-state index in [1.807, 2.05) is 13.0 Å². The largest absolute Gasteiger partial charge is 0.340 e. The van der Waals surface area contributed by atoms with Crippen LogP contribution in [0.1, 0.15) is 22.2 Å². The molecule has 2 rings (SSSR count). The Kier molecular flexibility index (Phi) is 5.08. The number of hydrogen-bond donors (Lipinski definition) is 2. The van der Waals surface area contributed by atoms with Gasteiger partial charge in [0.05, 0.1) is 8.66 Å². The highest BCUT2D eigenvalue weighted by atomic mass is 79.9. The lowest BCUT2D eigenvalue weighted by atomic mass is 10.3. The maximum atomic E-state index is 12.0. The smallest absolute Gasteiger partial charge is 0.262 e. The number of rotatable bonds is 4. The van der Waals surface area contributed by atoms with E-state index in [1.165, 1.54) is 11.3 Å². The summed E-state index contributed by atoms with van der Waals surface area (Å²) in [4.78, 5) is 28.6. The van der Waals surface area contributed by atoms with Gasteiger partial charge in [-0.1, -0.05) is 6.07 Å². The van der Waals surface area contributed by atoms with Crippen molar-refractivity contribution < 1.29 is 9.59 Å². The normalized spacial score (nSPS) is 11.8. The Morgan fingerprint density at radius 3 is 2.62 bits per heavy atom. The van der Waals surface area contributed by atoms with Gasteiger partial charge in [0.1, 0.15) is 11.9 Å². The van der Waals surface area contributed by atoms with Crippen molar-refractivity contribution in [2.75, 3.05) is 5.32 Å². The molecule has 0 saturated heterocycles. The molecule has 0 aliphatic carbocycles. The molecule has 2 aromatic rings. The Labute approximate surface area is 134 Å². The second kappa shape index (κ2) is 6.82. The van der Waals surface area contributed by atoms with E-state index in [4.69, 9.17) is 0 Å². The molecule has 2 amide bonds. The molecule has 0 spiro atoms. The zero-order chi connectivity index (χ0) is 15.4. The van der Waals surface area contributed by atoms with Crippen LogP contribution in [0, 0.1) is 6.92 Å². The lowest BCUT2D eigenvalue weighted by Crippen LogP contribution is -2.41. The molecule has 0 aliphatic heterocycles. The summed E-state index contributed by atoms with van der Waals surface area (Å²) >= 11 is 4.61. The highest BCUT2D eigenvalue weighted by Gasteiger charge is 2.18. The summed E-state index contributed by atoms with van der Waals surface area (Å²) in [6, 6.07) is 6.42. The van der Waals surface area contributed by atoms with Crippen molar-refractivity contribution in [3.63, 3.8) is 0 Å². The van der Waals surface area contributed by atoms with Crippen LogP contribution < -0.4 is 10.6 Å². The Hall–Kier alpha value is -1.73. The Morgan fingerprint density at radius 1 is 1.29 bits per heavy atom. The summed E-state index contributed by atoms with van der Waals surface area (Å²) in [5.41, 5.74) is 1.01. The van der Waals surface area contributed by atoms with Crippen molar-refractivity contribution in [3.8, 4) is 0 Å². The average molecular weight is 368 g/mol. The van der Waals surface area contributed by atoms with Crippen molar-refractivity contribution in [2.24, 2.45) is 0 Å². The number of amides is 2.